The molecule has 0 aromatic rings. The molecule has 1 saturated carbocycles. The summed E-state index contributed by atoms with van der Waals surface area (Å²) in [5.74, 6) is 1.64. The summed E-state index contributed by atoms with van der Waals surface area (Å²) in [6, 6.07) is 0. The summed E-state index contributed by atoms with van der Waals surface area (Å²) in [5, 5.41) is 9.42. The molecule has 1 aliphatic rings. The van der Waals surface area contributed by atoms with Gasteiger partial charge in [-0.05, 0) is 31.1 Å². The molecule has 0 aliphatic heterocycles. The summed E-state index contributed by atoms with van der Waals surface area (Å²) in [7, 11) is 0. The van der Waals surface area contributed by atoms with Gasteiger partial charge >= 0.3 is 0 Å². The average Bonchev–Trinajstić information content (AvgIpc) is 1.98. The van der Waals surface area contributed by atoms with E-state index in [0.29, 0.717) is 0 Å². The lowest BCUT2D eigenvalue weighted by Gasteiger charge is -2.31. The minimum Gasteiger partial charge on any atom is -0.393 e. The van der Waals surface area contributed by atoms with Gasteiger partial charge in [0.15, 0.2) is 0 Å². The third kappa shape index (κ3) is 2.48. The maximum atomic E-state index is 9.42. The quantitative estimate of drug-likeness (QED) is 0.651. The zero-order valence-electron chi connectivity index (χ0n) is 7.71. The third-order valence-corrected chi connectivity index (χ3v) is 2.99. The second-order valence-corrected chi connectivity index (χ2v) is 3.99. The van der Waals surface area contributed by atoms with Crippen LogP contribution in [0, 0.1) is 11.8 Å². The lowest BCUT2D eigenvalue weighted by molar-refractivity contribution is 0.0704. The zero-order valence-corrected chi connectivity index (χ0v) is 7.71. The second-order valence-electron chi connectivity index (χ2n) is 3.99. The van der Waals surface area contributed by atoms with Crippen molar-refractivity contribution in [1.82, 2.24) is 0 Å². The van der Waals surface area contributed by atoms with E-state index in [-0.39, 0.29) is 6.10 Å². The van der Waals surface area contributed by atoms with Gasteiger partial charge in [0.25, 0.3) is 0 Å². The van der Waals surface area contributed by atoms with E-state index in [2.05, 4.69) is 13.8 Å². The van der Waals surface area contributed by atoms with Crippen molar-refractivity contribution in [2.75, 3.05) is 0 Å². The first-order chi connectivity index (χ1) is 5.24. The fourth-order valence-electron chi connectivity index (χ4n) is 2.16. The van der Waals surface area contributed by atoms with Gasteiger partial charge in [0, 0.05) is 0 Å². The summed E-state index contributed by atoms with van der Waals surface area (Å²) in [6.45, 7) is 4.56. The summed E-state index contributed by atoms with van der Waals surface area (Å²) in [5.41, 5.74) is 0. The van der Waals surface area contributed by atoms with Gasteiger partial charge in [0.05, 0.1) is 6.10 Å². The van der Waals surface area contributed by atoms with Crippen molar-refractivity contribution in [3.8, 4) is 0 Å². The standard InChI is InChI=1S/C10H20O/c1-3-4-9-7-10(11)6-5-8(9)2/h8-11H,3-7H2,1-2H3. The molecule has 0 saturated heterocycles. The fraction of sp³-hybridized carbons (Fsp3) is 1.00. The Labute approximate surface area is 69.8 Å². The molecule has 3 unspecified atom stereocenters. The van der Waals surface area contributed by atoms with Gasteiger partial charge in [-0.3, -0.25) is 0 Å². The van der Waals surface area contributed by atoms with Crippen LogP contribution in [0.2, 0.25) is 0 Å². The first-order valence-electron chi connectivity index (χ1n) is 4.92. The van der Waals surface area contributed by atoms with E-state index in [0.717, 1.165) is 24.7 Å². The summed E-state index contributed by atoms with van der Waals surface area (Å²) in [6.07, 6.45) is 5.88. The first kappa shape index (κ1) is 9.05. The minimum atomic E-state index is 0.00255. The molecule has 0 amide bonds. The lowest BCUT2D eigenvalue weighted by Crippen LogP contribution is -2.25. The molecule has 1 aliphatic carbocycles. The highest BCUT2D eigenvalue weighted by Gasteiger charge is 2.25. The van der Waals surface area contributed by atoms with Crippen LogP contribution in [0.25, 0.3) is 0 Å². The molecule has 1 nitrogen and oxygen atoms in total. The molecule has 3 atom stereocenters. The highest BCUT2D eigenvalue weighted by atomic mass is 16.3. The predicted octanol–water partition coefficient (Wildman–Crippen LogP) is 2.58. The van der Waals surface area contributed by atoms with Crippen molar-refractivity contribution in [3.63, 3.8) is 0 Å². The molecular formula is C10H20O. The summed E-state index contributed by atoms with van der Waals surface area (Å²) < 4.78 is 0. The Kier molecular flexibility index (Phi) is 3.38. The monoisotopic (exact) mass is 156 g/mol. The van der Waals surface area contributed by atoms with Gasteiger partial charge in [-0.15, -0.1) is 0 Å². The third-order valence-electron chi connectivity index (χ3n) is 2.99. The van der Waals surface area contributed by atoms with Crippen molar-refractivity contribution >= 4 is 0 Å². The second kappa shape index (κ2) is 4.10. The number of aliphatic hydroxyl groups is 1. The van der Waals surface area contributed by atoms with Gasteiger partial charge in [0.2, 0.25) is 0 Å². The molecule has 0 bridgehead atoms. The van der Waals surface area contributed by atoms with Gasteiger partial charge < -0.3 is 5.11 Å². The fourth-order valence-corrected chi connectivity index (χ4v) is 2.16. The Hall–Kier alpha value is -0.0400. The van der Waals surface area contributed by atoms with Gasteiger partial charge in [-0.2, -0.15) is 0 Å². The Morgan fingerprint density at radius 2 is 2.09 bits per heavy atom. The number of hydrogen-bond acceptors (Lipinski definition) is 1. The molecule has 1 heteroatoms. The first-order valence-corrected chi connectivity index (χ1v) is 4.92. The van der Waals surface area contributed by atoms with Crippen LogP contribution < -0.4 is 0 Å². The van der Waals surface area contributed by atoms with Crippen LogP contribution in [0.15, 0.2) is 0 Å². The molecule has 0 aromatic heterocycles. The van der Waals surface area contributed by atoms with Crippen molar-refractivity contribution in [2.24, 2.45) is 11.8 Å². The predicted molar refractivity (Wildman–Crippen MR) is 47.4 cm³/mol. The largest absolute Gasteiger partial charge is 0.393 e. The molecule has 11 heavy (non-hydrogen) atoms. The molecule has 66 valence electrons. The normalized spacial score (nSPS) is 39.0. The highest BCUT2D eigenvalue weighted by Crippen LogP contribution is 2.32. The molecule has 0 aromatic carbocycles. The van der Waals surface area contributed by atoms with Crippen molar-refractivity contribution < 1.29 is 5.11 Å². The maximum absolute atomic E-state index is 9.42. The molecule has 0 heterocycles. The Morgan fingerprint density at radius 3 is 2.73 bits per heavy atom. The van der Waals surface area contributed by atoms with E-state index in [1.165, 1.54) is 19.3 Å². The van der Waals surface area contributed by atoms with Gasteiger partial charge in [0.1, 0.15) is 0 Å². The van der Waals surface area contributed by atoms with Crippen LogP contribution in [0.3, 0.4) is 0 Å². The van der Waals surface area contributed by atoms with E-state index in [1.54, 1.807) is 0 Å². The van der Waals surface area contributed by atoms with Crippen molar-refractivity contribution in [3.05, 3.63) is 0 Å². The Bertz CT molecular complexity index is 111. The minimum absolute atomic E-state index is 0.00255. The van der Waals surface area contributed by atoms with E-state index in [1.807, 2.05) is 0 Å². The SMILES string of the molecule is CCCC1CC(O)CCC1C. The van der Waals surface area contributed by atoms with E-state index < -0.39 is 0 Å². The maximum Gasteiger partial charge on any atom is 0.0543 e. The smallest absolute Gasteiger partial charge is 0.0543 e. The summed E-state index contributed by atoms with van der Waals surface area (Å²) >= 11 is 0. The van der Waals surface area contributed by atoms with E-state index in [4.69, 9.17) is 0 Å². The average molecular weight is 156 g/mol. The molecule has 1 N–H and O–H groups in total. The number of aliphatic hydroxyl groups excluding tert-OH is 1. The van der Waals surface area contributed by atoms with Gasteiger partial charge in [-0.1, -0.05) is 26.7 Å². The van der Waals surface area contributed by atoms with Crippen LogP contribution >= 0.6 is 0 Å². The number of hydrogen-bond donors (Lipinski definition) is 1. The molecule has 1 fully saturated rings. The summed E-state index contributed by atoms with van der Waals surface area (Å²) in [4.78, 5) is 0. The highest BCUT2D eigenvalue weighted by molar-refractivity contribution is 4.76. The van der Waals surface area contributed by atoms with Crippen LogP contribution in [0.1, 0.15) is 46.0 Å². The molecule has 0 radical (unpaired) electrons. The topological polar surface area (TPSA) is 20.2 Å². The van der Waals surface area contributed by atoms with E-state index >= 15 is 0 Å². The molecule has 1 rings (SSSR count). The Balaban J connectivity index is 2.34. The lowest BCUT2D eigenvalue weighted by atomic mass is 9.77. The van der Waals surface area contributed by atoms with Crippen LogP contribution in [0.4, 0.5) is 0 Å². The molecular weight excluding hydrogens is 136 g/mol. The zero-order chi connectivity index (χ0) is 8.27. The number of rotatable bonds is 2. The van der Waals surface area contributed by atoms with Crippen molar-refractivity contribution in [1.29, 1.82) is 0 Å². The van der Waals surface area contributed by atoms with Crippen LogP contribution in [-0.2, 0) is 0 Å². The van der Waals surface area contributed by atoms with Gasteiger partial charge in [-0.25, -0.2) is 0 Å². The molecule has 0 spiro atoms. The van der Waals surface area contributed by atoms with Crippen molar-refractivity contribution in [2.45, 2.75) is 52.1 Å². The Morgan fingerprint density at radius 1 is 1.36 bits per heavy atom. The van der Waals surface area contributed by atoms with E-state index in [9.17, 15) is 5.11 Å². The van der Waals surface area contributed by atoms with Crippen LogP contribution in [-0.4, -0.2) is 11.2 Å². The van der Waals surface area contributed by atoms with Crippen LogP contribution in [0.5, 0.6) is 0 Å².